The van der Waals surface area contributed by atoms with Crippen LogP contribution in [0.4, 0.5) is 0 Å². The van der Waals surface area contributed by atoms with Crippen molar-refractivity contribution in [2.75, 3.05) is 0 Å². The van der Waals surface area contributed by atoms with Crippen LogP contribution in [0.1, 0.15) is 61.1 Å². The van der Waals surface area contributed by atoms with Gasteiger partial charge in [-0.05, 0) is 80.0 Å². The van der Waals surface area contributed by atoms with Gasteiger partial charge >= 0.3 is 0 Å². The smallest absolute Gasteiger partial charge is 0.170 e. The van der Waals surface area contributed by atoms with Crippen molar-refractivity contribution in [3.8, 4) is 5.69 Å². The van der Waals surface area contributed by atoms with Gasteiger partial charge in [-0.1, -0.05) is 36.9 Å². The van der Waals surface area contributed by atoms with Crippen molar-refractivity contribution in [2.24, 2.45) is 0 Å². The lowest BCUT2D eigenvalue weighted by Gasteiger charge is -2.37. The molecule has 3 heterocycles. The number of thiocarbonyl (C=S) groups is 1. The van der Waals surface area contributed by atoms with E-state index in [1.165, 1.54) is 37.8 Å². The first-order valence-electron chi connectivity index (χ1n) is 11.1. The molecule has 1 aliphatic carbocycles. The Balaban J connectivity index is 1.61. The van der Waals surface area contributed by atoms with Gasteiger partial charge in [-0.25, -0.2) is 0 Å². The van der Waals surface area contributed by atoms with Gasteiger partial charge in [0.2, 0.25) is 0 Å². The highest BCUT2D eigenvalue weighted by Gasteiger charge is 2.44. The number of benzene rings is 1. The van der Waals surface area contributed by atoms with Crippen molar-refractivity contribution >= 4 is 28.9 Å². The third kappa shape index (κ3) is 3.85. The maximum Gasteiger partial charge on any atom is 0.170 e. The van der Waals surface area contributed by atoms with Crippen molar-refractivity contribution in [3.63, 3.8) is 0 Å². The zero-order chi connectivity index (χ0) is 21.4. The minimum absolute atomic E-state index is 0.0117. The molecule has 1 saturated carbocycles. The molecular formula is C25H27ClN4S. The fourth-order valence-corrected chi connectivity index (χ4v) is 5.59. The number of aromatic nitrogens is 2. The van der Waals surface area contributed by atoms with E-state index in [1.807, 2.05) is 25.3 Å². The minimum atomic E-state index is 0.0117. The van der Waals surface area contributed by atoms with Crippen LogP contribution in [-0.2, 0) is 0 Å². The normalized spacial score (nSPS) is 22.0. The molecule has 3 aromatic rings. The molecule has 1 saturated heterocycles. The fourth-order valence-electron chi connectivity index (χ4n) is 5.08. The average molecular weight is 451 g/mol. The van der Waals surface area contributed by atoms with Gasteiger partial charge in [-0.2, -0.15) is 0 Å². The molecule has 2 aromatic heterocycles. The molecule has 6 heteroatoms. The van der Waals surface area contributed by atoms with Gasteiger partial charge in [0.25, 0.3) is 0 Å². The van der Waals surface area contributed by atoms with E-state index >= 15 is 0 Å². The average Bonchev–Trinajstić information content (AvgIpc) is 3.41. The van der Waals surface area contributed by atoms with Crippen LogP contribution < -0.4 is 5.32 Å². The van der Waals surface area contributed by atoms with Crippen LogP contribution in [0.3, 0.4) is 0 Å². The zero-order valence-electron chi connectivity index (χ0n) is 17.7. The minimum Gasteiger partial charge on any atom is -0.352 e. The lowest BCUT2D eigenvalue weighted by atomic mass is 9.92. The van der Waals surface area contributed by atoms with Crippen molar-refractivity contribution in [2.45, 2.75) is 57.2 Å². The number of rotatable bonds is 4. The lowest BCUT2D eigenvalue weighted by molar-refractivity contribution is 0.193. The summed E-state index contributed by atoms with van der Waals surface area (Å²) in [5, 5.41) is 5.24. The Labute approximate surface area is 194 Å². The molecule has 0 bridgehead atoms. The van der Waals surface area contributed by atoms with E-state index in [1.54, 1.807) is 0 Å². The highest BCUT2D eigenvalue weighted by Crippen LogP contribution is 2.43. The van der Waals surface area contributed by atoms with Crippen LogP contribution in [0.2, 0.25) is 5.02 Å². The Morgan fingerprint density at radius 3 is 2.65 bits per heavy atom. The second kappa shape index (κ2) is 8.64. The van der Waals surface area contributed by atoms with Crippen molar-refractivity contribution in [3.05, 3.63) is 82.9 Å². The van der Waals surface area contributed by atoms with E-state index in [0.717, 1.165) is 27.1 Å². The van der Waals surface area contributed by atoms with Crippen molar-refractivity contribution < 1.29 is 0 Å². The summed E-state index contributed by atoms with van der Waals surface area (Å²) in [6.07, 6.45) is 10.2. The van der Waals surface area contributed by atoms with Crippen LogP contribution in [0.5, 0.6) is 0 Å². The van der Waals surface area contributed by atoms with Crippen molar-refractivity contribution in [1.29, 1.82) is 0 Å². The molecule has 1 N–H and O–H groups in total. The van der Waals surface area contributed by atoms with Gasteiger partial charge in [0.05, 0.1) is 17.8 Å². The maximum atomic E-state index is 6.30. The number of hydrogen-bond acceptors (Lipinski definition) is 2. The molecule has 4 nitrogen and oxygen atoms in total. The van der Waals surface area contributed by atoms with Crippen LogP contribution >= 0.6 is 23.8 Å². The van der Waals surface area contributed by atoms with E-state index < -0.39 is 0 Å². The molecule has 2 atom stereocenters. The Hall–Kier alpha value is -2.37. The molecule has 2 aliphatic rings. The molecule has 31 heavy (non-hydrogen) atoms. The van der Waals surface area contributed by atoms with Gasteiger partial charge in [-0.15, -0.1) is 0 Å². The molecule has 0 spiro atoms. The van der Waals surface area contributed by atoms with Crippen LogP contribution in [-0.4, -0.2) is 25.6 Å². The summed E-state index contributed by atoms with van der Waals surface area (Å²) in [6, 6.07) is 17.2. The monoisotopic (exact) mass is 450 g/mol. The SMILES string of the molecule is Cc1cc(-n2cccc2C2C(c3ccccn3)NC(=S)N2C2CCCCC2)ccc1Cl. The quantitative estimate of drug-likeness (QED) is 0.484. The third-order valence-electron chi connectivity index (χ3n) is 6.61. The van der Waals surface area contributed by atoms with E-state index in [2.05, 4.69) is 62.4 Å². The van der Waals surface area contributed by atoms with Gasteiger partial charge in [-0.3, -0.25) is 4.98 Å². The molecule has 1 aromatic carbocycles. The number of nitrogens with one attached hydrogen (secondary N) is 1. The first-order valence-corrected chi connectivity index (χ1v) is 11.9. The standard InChI is InChI=1S/C25H27ClN4S/c1-17-16-19(12-13-20(17)26)29-15-7-11-22(29)24-23(21-10-5-6-14-27-21)28-25(31)30(24)18-8-3-2-4-9-18/h5-7,10-16,18,23-24H,2-4,8-9H2,1H3,(H,28,31). The summed E-state index contributed by atoms with van der Waals surface area (Å²) in [5.41, 5.74) is 4.43. The summed E-state index contributed by atoms with van der Waals surface area (Å²) in [5.74, 6) is 0. The highest BCUT2D eigenvalue weighted by atomic mass is 35.5. The largest absolute Gasteiger partial charge is 0.352 e. The van der Waals surface area contributed by atoms with E-state index in [-0.39, 0.29) is 12.1 Å². The first kappa shape index (κ1) is 20.5. The Kier molecular flexibility index (Phi) is 5.72. The number of pyridine rings is 1. The number of nitrogens with zero attached hydrogens (tertiary/aromatic N) is 3. The van der Waals surface area contributed by atoms with Gasteiger partial charge in [0.15, 0.2) is 5.11 Å². The molecule has 5 rings (SSSR count). The molecule has 0 amide bonds. The summed E-state index contributed by atoms with van der Waals surface area (Å²) < 4.78 is 2.27. The van der Waals surface area contributed by atoms with Gasteiger partial charge < -0.3 is 14.8 Å². The van der Waals surface area contributed by atoms with Crippen LogP contribution in [0, 0.1) is 6.92 Å². The van der Waals surface area contributed by atoms with E-state index in [0.29, 0.717) is 6.04 Å². The fraction of sp³-hybridized carbons (Fsp3) is 0.360. The third-order valence-corrected chi connectivity index (χ3v) is 7.36. The predicted octanol–water partition coefficient (Wildman–Crippen LogP) is 6.14. The molecule has 160 valence electrons. The van der Waals surface area contributed by atoms with Gasteiger partial charge in [0, 0.05) is 34.8 Å². The zero-order valence-corrected chi connectivity index (χ0v) is 19.2. The Morgan fingerprint density at radius 2 is 1.90 bits per heavy atom. The summed E-state index contributed by atoms with van der Waals surface area (Å²) in [7, 11) is 0. The number of hydrogen-bond donors (Lipinski definition) is 1. The van der Waals surface area contributed by atoms with Crippen molar-refractivity contribution in [1.82, 2.24) is 19.8 Å². The topological polar surface area (TPSA) is 33.1 Å². The second-order valence-electron chi connectivity index (χ2n) is 8.56. The van der Waals surface area contributed by atoms with E-state index in [4.69, 9.17) is 23.8 Å². The molecule has 2 unspecified atom stereocenters. The highest BCUT2D eigenvalue weighted by molar-refractivity contribution is 7.80. The van der Waals surface area contributed by atoms with Crippen LogP contribution in [0.15, 0.2) is 60.9 Å². The molecule has 2 fully saturated rings. The Morgan fingerprint density at radius 1 is 1.06 bits per heavy atom. The Bertz CT molecular complexity index is 1070. The predicted molar refractivity (Wildman–Crippen MR) is 130 cm³/mol. The maximum absolute atomic E-state index is 6.30. The summed E-state index contributed by atoms with van der Waals surface area (Å²) in [6.45, 7) is 2.05. The lowest BCUT2D eigenvalue weighted by Crippen LogP contribution is -2.40. The van der Waals surface area contributed by atoms with E-state index in [9.17, 15) is 0 Å². The van der Waals surface area contributed by atoms with Crippen LogP contribution in [0.25, 0.3) is 5.69 Å². The molecule has 0 radical (unpaired) electrons. The molecular weight excluding hydrogens is 424 g/mol. The van der Waals surface area contributed by atoms with Gasteiger partial charge in [0.1, 0.15) is 0 Å². The summed E-state index contributed by atoms with van der Waals surface area (Å²) in [4.78, 5) is 7.15. The summed E-state index contributed by atoms with van der Waals surface area (Å²) >= 11 is 12.2. The first-order chi connectivity index (χ1) is 15.1. The number of halogens is 1. The number of aryl methyl sites for hydroxylation is 1. The molecule has 1 aliphatic heterocycles. The second-order valence-corrected chi connectivity index (χ2v) is 9.36.